The van der Waals surface area contributed by atoms with E-state index in [9.17, 15) is 13.6 Å². The number of benzene rings is 2. The summed E-state index contributed by atoms with van der Waals surface area (Å²) in [5.41, 5.74) is 7.01. The van der Waals surface area contributed by atoms with Crippen molar-refractivity contribution in [1.82, 2.24) is 5.32 Å². The molecule has 0 aliphatic carbocycles. The third-order valence-corrected chi connectivity index (χ3v) is 3.46. The minimum Gasteiger partial charge on any atom is -0.481 e. The summed E-state index contributed by atoms with van der Waals surface area (Å²) in [6.45, 7) is -0.118. The van der Waals surface area contributed by atoms with Gasteiger partial charge >= 0.3 is 0 Å². The van der Waals surface area contributed by atoms with Crippen LogP contribution in [0.2, 0.25) is 0 Å². The fourth-order valence-corrected chi connectivity index (χ4v) is 2.05. The molecule has 0 radical (unpaired) electrons. The van der Waals surface area contributed by atoms with Crippen LogP contribution in [-0.2, 0) is 4.79 Å². The molecule has 25 heavy (non-hydrogen) atoms. The van der Waals surface area contributed by atoms with E-state index in [1.165, 1.54) is 6.92 Å². The lowest BCUT2D eigenvalue weighted by Gasteiger charge is -2.18. The zero-order valence-corrected chi connectivity index (χ0v) is 14.6. The Morgan fingerprint density at radius 1 is 1.12 bits per heavy atom. The predicted octanol–water partition coefficient (Wildman–Crippen LogP) is 3.25. The summed E-state index contributed by atoms with van der Waals surface area (Å²) in [5, 5.41) is 2.14. The van der Waals surface area contributed by atoms with Crippen molar-refractivity contribution in [2.75, 3.05) is 13.1 Å². The van der Waals surface area contributed by atoms with Crippen LogP contribution in [0.25, 0.3) is 11.1 Å². The van der Waals surface area contributed by atoms with Crippen LogP contribution >= 0.6 is 12.4 Å². The molecule has 0 aliphatic rings. The van der Waals surface area contributed by atoms with Gasteiger partial charge in [-0.05, 0) is 30.2 Å². The quantitative estimate of drug-likeness (QED) is 0.786. The number of ether oxygens (including phenoxy) is 1. The molecule has 4 nitrogen and oxygen atoms in total. The maximum Gasteiger partial charge on any atom is 0.277 e. The molecule has 0 saturated carbocycles. The Bertz CT molecular complexity index is 667. The van der Waals surface area contributed by atoms with Gasteiger partial charge in [-0.25, -0.2) is 8.78 Å². The minimum absolute atomic E-state index is 0. The number of carbonyl (C=O) groups is 1. The van der Waals surface area contributed by atoms with Crippen molar-refractivity contribution in [3.63, 3.8) is 0 Å². The van der Waals surface area contributed by atoms with Crippen LogP contribution in [-0.4, -0.2) is 31.0 Å². The van der Waals surface area contributed by atoms with Gasteiger partial charge in [0.15, 0.2) is 6.10 Å². The van der Waals surface area contributed by atoms with Crippen LogP contribution in [0.3, 0.4) is 0 Å². The SMILES string of the molecule is CC(Oc1ccc(-c2ccccc2)cc1)C(=O)NCC(F)(F)CN.Cl. The lowest BCUT2D eigenvalue weighted by atomic mass is 10.1. The van der Waals surface area contributed by atoms with E-state index in [0.29, 0.717) is 5.75 Å². The van der Waals surface area contributed by atoms with Crippen molar-refractivity contribution in [2.45, 2.75) is 19.0 Å². The molecular formula is C18H21ClF2N2O2. The molecule has 1 atom stereocenters. The van der Waals surface area contributed by atoms with Crippen molar-refractivity contribution < 1.29 is 18.3 Å². The number of carbonyl (C=O) groups excluding carboxylic acids is 1. The van der Waals surface area contributed by atoms with E-state index in [2.05, 4.69) is 5.32 Å². The smallest absolute Gasteiger partial charge is 0.277 e. The Labute approximate surface area is 151 Å². The number of rotatable bonds is 7. The second kappa shape index (κ2) is 9.34. The predicted molar refractivity (Wildman–Crippen MR) is 96.2 cm³/mol. The van der Waals surface area contributed by atoms with Crippen LogP contribution in [0.1, 0.15) is 6.92 Å². The zero-order chi connectivity index (χ0) is 17.6. The monoisotopic (exact) mass is 370 g/mol. The van der Waals surface area contributed by atoms with Crippen LogP contribution in [0.15, 0.2) is 54.6 Å². The Morgan fingerprint density at radius 2 is 1.68 bits per heavy atom. The minimum atomic E-state index is -3.12. The number of hydrogen-bond acceptors (Lipinski definition) is 3. The summed E-state index contributed by atoms with van der Waals surface area (Å²) in [6, 6.07) is 17.0. The van der Waals surface area contributed by atoms with E-state index in [-0.39, 0.29) is 12.4 Å². The molecule has 0 saturated heterocycles. The van der Waals surface area contributed by atoms with Crippen molar-refractivity contribution in [3.05, 3.63) is 54.6 Å². The van der Waals surface area contributed by atoms with Crippen molar-refractivity contribution >= 4 is 18.3 Å². The zero-order valence-electron chi connectivity index (χ0n) is 13.7. The largest absolute Gasteiger partial charge is 0.481 e. The highest BCUT2D eigenvalue weighted by molar-refractivity contribution is 5.85. The molecule has 0 spiro atoms. The van der Waals surface area contributed by atoms with Crippen molar-refractivity contribution in [2.24, 2.45) is 5.73 Å². The standard InChI is InChI=1S/C18H20F2N2O2.ClH/c1-13(17(23)22-12-18(19,20)11-21)24-16-9-7-15(8-10-16)14-5-3-2-4-6-14;/h2-10,13H,11-12,21H2,1H3,(H,22,23);1H. The lowest BCUT2D eigenvalue weighted by Crippen LogP contribution is -2.45. The molecule has 0 aromatic heterocycles. The van der Waals surface area contributed by atoms with E-state index in [4.69, 9.17) is 10.5 Å². The second-order valence-electron chi connectivity index (χ2n) is 5.43. The van der Waals surface area contributed by atoms with Crippen LogP contribution in [0.5, 0.6) is 5.75 Å². The molecule has 0 aliphatic heterocycles. The molecule has 0 fully saturated rings. The maximum absolute atomic E-state index is 13.0. The third kappa shape index (κ3) is 6.32. The van der Waals surface area contributed by atoms with Crippen LogP contribution in [0, 0.1) is 0 Å². The Morgan fingerprint density at radius 3 is 2.24 bits per heavy atom. The lowest BCUT2D eigenvalue weighted by molar-refractivity contribution is -0.129. The highest BCUT2D eigenvalue weighted by atomic mass is 35.5. The van der Waals surface area contributed by atoms with Gasteiger partial charge < -0.3 is 15.8 Å². The van der Waals surface area contributed by atoms with Gasteiger partial charge in [-0.2, -0.15) is 0 Å². The fraction of sp³-hybridized carbons (Fsp3) is 0.278. The van der Waals surface area contributed by atoms with Gasteiger partial charge in [-0.15, -0.1) is 12.4 Å². The summed E-state index contributed by atoms with van der Waals surface area (Å²) < 4.78 is 31.5. The van der Waals surface area contributed by atoms with Gasteiger partial charge in [0, 0.05) is 0 Å². The van der Waals surface area contributed by atoms with Crippen molar-refractivity contribution in [3.8, 4) is 16.9 Å². The number of halogens is 3. The van der Waals surface area contributed by atoms with Crippen LogP contribution in [0.4, 0.5) is 8.78 Å². The first kappa shape index (κ1) is 20.9. The average Bonchev–Trinajstić information content (AvgIpc) is 2.61. The second-order valence-corrected chi connectivity index (χ2v) is 5.43. The normalized spacial score (nSPS) is 12.0. The van der Waals surface area contributed by atoms with E-state index in [1.807, 2.05) is 42.5 Å². The van der Waals surface area contributed by atoms with Crippen LogP contribution < -0.4 is 15.8 Å². The molecule has 0 heterocycles. The third-order valence-electron chi connectivity index (χ3n) is 3.46. The van der Waals surface area contributed by atoms with E-state index < -0.39 is 31.0 Å². The number of alkyl halides is 2. The van der Waals surface area contributed by atoms with Gasteiger partial charge in [0.2, 0.25) is 0 Å². The molecule has 0 bridgehead atoms. The molecular weight excluding hydrogens is 350 g/mol. The molecule has 1 amide bonds. The highest BCUT2D eigenvalue weighted by Crippen LogP contribution is 2.22. The summed E-state index contributed by atoms with van der Waals surface area (Å²) in [5.74, 6) is -3.25. The summed E-state index contributed by atoms with van der Waals surface area (Å²) in [6.07, 6.45) is -0.888. The highest BCUT2D eigenvalue weighted by Gasteiger charge is 2.28. The summed E-state index contributed by atoms with van der Waals surface area (Å²) in [7, 11) is 0. The van der Waals surface area contributed by atoms with Gasteiger partial charge in [0.1, 0.15) is 5.75 Å². The number of nitrogens with one attached hydrogen (secondary N) is 1. The maximum atomic E-state index is 13.0. The molecule has 136 valence electrons. The number of amides is 1. The Hall–Kier alpha value is -2.18. The molecule has 2 rings (SSSR count). The van der Waals surface area contributed by atoms with Gasteiger partial charge in [0.05, 0.1) is 13.1 Å². The molecule has 7 heteroatoms. The summed E-state index contributed by atoms with van der Waals surface area (Å²) >= 11 is 0. The van der Waals surface area contributed by atoms with Crippen molar-refractivity contribution in [1.29, 1.82) is 0 Å². The fourth-order valence-electron chi connectivity index (χ4n) is 2.05. The molecule has 1 unspecified atom stereocenters. The van der Waals surface area contributed by atoms with Gasteiger partial charge in [0.25, 0.3) is 11.8 Å². The van der Waals surface area contributed by atoms with E-state index >= 15 is 0 Å². The first-order valence-corrected chi connectivity index (χ1v) is 7.59. The molecule has 2 aromatic carbocycles. The first-order chi connectivity index (χ1) is 11.4. The average molecular weight is 371 g/mol. The molecule has 3 N–H and O–H groups in total. The molecule has 2 aromatic rings. The van der Waals surface area contributed by atoms with E-state index in [1.54, 1.807) is 12.1 Å². The summed E-state index contributed by atoms with van der Waals surface area (Å²) in [4.78, 5) is 11.8. The van der Waals surface area contributed by atoms with E-state index in [0.717, 1.165) is 11.1 Å². The number of hydrogen-bond donors (Lipinski definition) is 2. The number of nitrogens with two attached hydrogens (primary N) is 1. The van der Waals surface area contributed by atoms with Gasteiger partial charge in [-0.1, -0.05) is 42.5 Å². The Kier molecular flexibility index (Phi) is 7.80. The van der Waals surface area contributed by atoms with Gasteiger partial charge in [-0.3, -0.25) is 4.79 Å². The topological polar surface area (TPSA) is 64.3 Å². The first-order valence-electron chi connectivity index (χ1n) is 7.59. The Balaban J connectivity index is 0.00000312.